The molecule has 0 saturated carbocycles. The quantitative estimate of drug-likeness (QED) is 0.332. The molecular weight excluding hydrogens is 542 g/mol. The number of nitrogen functional groups attached to an aromatic ring is 1. The zero-order valence-electron chi connectivity index (χ0n) is 23.6. The van der Waals surface area contributed by atoms with Crippen LogP contribution in [0.4, 0.5) is 9.93 Å². The largest absolute Gasteiger partial charge is 0.508 e. The van der Waals surface area contributed by atoms with E-state index in [2.05, 4.69) is 17.2 Å². The minimum absolute atomic E-state index is 0.00452. The molecule has 12 heteroatoms. The lowest BCUT2D eigenvalue weighted by molar-refractivity contribution is -0.158. The van der Waals surface area contributed by atoms with Crippen molar-refractivity contribution in [3.05, 3.63) is 53.6 Å². The normalized spacial score (nSPS) is 19.3. The number of carbonyl (C=O) groups excluding carboxylic acids is 3. The van der Waals surface area contributed by atoms with Gasteiger partial charge in [0.2, 0.25) is 11.8 Å². The fourth-order valence-corrected chi connectivity index (χ4v) is 6.46. The van der Waals surface area contributed by atoms with Crippen LogP contribution in [-0.4, -0.2) is 85.6 Å². The third-order valence-corrected chi connectivity index (χ3v) is 8.44. The van der Waals surface area contributed by atoms with Gasteiger partial charge in [0.1, 0.15) is 18.0 Å². The first-order valence-electron chi connectivity index (χ1n) is 14.0. The van der Waals surface area contributed by atoms with Crippen LogP contribution in [0.5, 0.6) is 5.75 Å². The smallest absolute Gasteiger partial charge is 0.332 e. The van der Waals surface area contributed by atoms with Gasteiger partial charge < -0.3 is 26.0 Å². The molecule has 3 aromatic rings. The summed E-state index contributed by atoms with van der Waals surface area (Å²) in [7, 11) is 0. The number of anilines is 1. The highest BCUT2D eigenvalue weighted by Crippen LogP contribution is 2.33. The van der Waals surface area contributed by atoms with Crippen LogP contribution in [-0.2, 0) is 22.6 Å². The maximum absolute atomic E-state index is 14.1. The number of hydrazine groups is 1. The number of nitrogens with zero attached hydrogens (tertiary/aromatic N) is 5. The second kappa shape index (κ2) is 11.9. The summed E-state index contributed by atoms with van der Waals surface area (Å²) in [6.07, 6.45) is 1.56. The van der Waals surface area contributed by atoms with E-state index in [9.17, 15) is 19.5 Å². The van der Waals surface area contributed by atoms with E-state index >= 15 is 0 Å². The van der Waals surface area contributed by atoms with E-state index in [0.717, 1.165) is 34.2 Å². The molecule has 0 radical (unpaired) electrons. The minimum atomic E-state index is -0.771. The van der Waals surface area contributed by atoms with E-state index in [-0.39, 0.29) is 49.1 Å². The molecule has 0 unspecified atom stereocenters. The Hall–Kier alpha value is -3.90. The number of nitrogens with one attached hydrogen (secondary N) is 1. The second-order valence-electron chi connectivity index (χ2n) is 10.8. The minimum Gasteiger partial charge on any atom is -0.508 e. The number of aromatic hydroxyl groups is 1. The maximum Gasteiger partial charge on any atom is 0.332 e. The number of piperazine rings is 1. The average molecular weight is 580 g/mol. The number of hydrogen-bond donors (Lipinski definition) is 3. The molecule has 3 heterocycles. The van der Waals surface area contributed by atoms with Crippen molar-refractivity contribution in [3.8, 4) is 5.75 Å². The van der Waals surface area contributed by atoms with Crippen molar-refractivity contribution < 1.29 is 19.5 Å². The Labute approximate surface area is 243 Å². The van der Waals surface area contributed by atoms with Crippen LogP contribution in [0.15, 0.2) is 42.5 Å². The molecule has 2 aromatic carbocycles. The van der Waals surface area contributed by atoms with Gasteiger partial charge in [0, 0.05) is 25.6 Å². The number of carbonyl (C=O) groups is 3. The zero-order chi connectivity index (χ0) is 29.3. The van der Waals surface area contributed by atoms with Gasteiger partial charge in [-0.2, -0.15) is 5.01 Å². The summed E-state index contributed by atoms with van der Waals surface area (Å²) in [6.45, 7) is 6.96. The highest BCUT2D eigenvalue weighted by atomic mass is 32.1. The lowest BCUT2D eigenvalue weighted by Crippen LogP contribution is -2.66. The van der Waals surface area contributed by atoms with E-state index in [1.807, 2.05) is 32.0 Å². The molecule has 0 bridgehead atoms. The standard InChI is InChI=1S/C29H37N7O4S/c1-4-5-13-31-29(40)36(18(2)3)34-17-25(38)35-22(14-19-9-11-21(37)12-10-19)27(39)33(16-24(34)35)15-20-7-6-8-23-26(20)32-28(30)41-23/h6-12,18,22,24,37H,4-5,13-17H2,1-3H3,(H2,30,32)(H,31,40)/t22-,24+/m0/s1. The molecule has 41 heavy (non-hydrogen) atoms. The Morgan fingerprint density at radius 3 is 2.68 bits per heavy atom. The van der Waals surface area contributed by atoms with Crippen LogP contribution in [0.3, 0.4) is 0 Å². The maximum atomic E-state index is 14.1. The van der Waals surface area contributed by atoms with Crippen molar-refractivity contribution in [3.63, 3.8) is 0 Å². The number of amides is 4. The summed E-state index contributed by atoms with van der Waals surface area (Å²) in [5.74, 6) is -0.245. The Morgan fingerprint density at radius 2 is 1.98 bits per heavy atom. The van der Waals surface area contributed by atoms with Crippen LogP contribution >= 0.6 is 11.3 Å². The van der Waals surface area contributed by atoms with Crippen molar-refractivity contribution in [2.24, 2.45) is 0 Å². The average Bonchev–Trinajstić information content (AvgIpc) is 3.47. The molecule has 5 rings (SSSR count). The third kappa shape index (κ3) is 5.80. The second-order valence-corrected chi connectivity index (χ2v) is 11.9. The van der Waals surface area contributed by atoms with E-state index < -0.39 is 12.2 Å². The van der Waals surface area contributed by atoms with Gasteiger partial charge in [0.15, 0.2) is 5.13 Å². The molecule has 11 nitrogen and oxygen atoms in total. The number of benzene rings is 2. The Morgan fingerprint density at radius 1 is 1.22 bits per heavy atom. The molecule has 2 fully saturated rings. The SMILES string of the molecule is CCCCNC(=O)N(C(C)C)N1CC(=O)N2[C@@H](Cc3ccc(O)cc3)C(=O)N(Cc3cccc4sc(N)nc34)C[C@@H]21. The first-order valence-corrected chi connectivity index (χ1v) is 14.8. The first-order chi connectivity index (χ1) is 19.7. The predicted octanol–water partition coefficient (Wildman–Crippen LogP) is 3.14. The molecule has 4 amide bonds. The lowest BCUT2D eigenvalue weighted by atomic mass is 9.99. The third-order valence-electron chi connectivity index (χ3n) is 7.59. The summed E-state index contributed by atoms with van der Waals surface area (Å²) in [6, 6.07) is 11.2. The molecule has 218 valence electrons. The summed E-state index contributed by atoms with van der Waals surface area (Å²) < 4.78 is 0.944. The fourth-order valence-electron chi connectivity index (χ4n) is 5.68. The molecule has 2 aliphatic heterocycles. The van der Waals surface area contributed by atoms with Gasteiger partial charge in [0.25, 0.3) is 0 Å². The van der Waals surface area contributed by atoms with Crippen molar-refractivity contribution in [2.75, 3.05) is 25.4 Å². The van der Waals surface area contributed by atoms with Gasteiger partial charge in [0.05, 0.1) is 23.3 Å². The first kappa shape index (κ1) is 28.6. The number of rotatable bonds is 9. The van der Waals surface area contributed by atoms with Crippen LogP contribution in [0.25, 0.3) is 10.2 Å². The summed E-state index contributed by atoms with van der Waals surface area (Å²) in [5, 5.41) is 16.6. The van der Waals surface area contributed by atoms with E-state index in [0.29, 0.717) is 18.2 Å². The molecule has 2 atom stereocenters. The molecule has 1 aromatic heterocycles. The molecule has 0 aliphatic carbocycles. The molecule has 2 aliphatic rings. The highest BCUT2D eigenvalue weighted by molar-refractivity contribution is 7.22. The summed E-state index contributed by atoms with van der Waals surface area (Å²) in [4.78, 5) is 48.9. The van der Waals surface area contributed by atoms with E-state index in [1.165, 1.54) is 11.3 Å². The Kier molecular flexibility index (Phi) is 8.32. The van der Waals surface area contributed by atoms with E-state index in [4.69, 9.17) is 5.73 Å². The monoisotopic (exact) mass is 579 g/mol. The predicted molar refractivity (Wildman–Crippen MR) is 158 cm³/mol. The number of hydrogen-bond acceptors (Lipinski definition) is 8. The number of fused-ring (bicyclic) bond motifs is 2. The molecular formula is C29H37N7O4S. The van der Waals surface area contributed by atoms with Crippen LogP contribution in [0, 0.1) is 0 Å². The number of para-hydroxylation sites is 1. The van der Waals surface area contributed by atoms with Crippen molar-refractivity contribution in [2.45, 2.75) is 64.8 Å². The van der Waals surface area contributed by atoms with Crippen LogP contribution in [0.2, 0.25) is 0 Å². The van der Waals surface area contributed by atoms with Gasteiger partial charge in [-0.1, -0.05) is 48.9 Å². The number of phenolic OH excluding ortho intramolecular Hbond substituents is 1. The summed E-state index contributed by atoms with van der Waals surface area (Å²) >= 11 is 1.40. The number of nitrogens with two attached hydrogens (primary N) is 1. The number of unbranched alkanes of at least 4 members (excludes halogenated alkanes) is 1. The van der Waals surface area contributed by atoms with Crippen molar-refractivity contribution in [1.82, 2.24) is 30.1 Å². The highest BCUT2D eigenvalue weighted by Gasteiger charge is 2.52. The summed E-state index contributed by atoms with van der Waals surface area (Å²) in [5.41, 5.74) is 8.44. The molecule has 0 spiro atoms. The van der Waals surface area contributed by atoms with Gasteiger partial charge in [-0.05, 0) is 49.6 Å². The van der Waals surface area contributed by atoms with Gasteiger partial charge in [-0.3, -0.25) is 14.6 Å². The Bertz CT molecular complexity index is 1430. The number of aromatic nitrogens is 1. The number of phenols is 1. The van der Waals surface area contributed by atoms with Gasteiger partial charge in [-0.25, -0.2) is 9.78 Å². The fraction of sp³-hybridized carbons (Fsp3) is 0.448. The van der Waals surface area contributed by atoms with Crippen molar-refractivity contribution >= 4 is 44.5 Å². The number of urea groups is 1. The van der Waals surface area contributed by atoms with Crippen LogP contribution < -0.4 is 11.1 Å². The Balaban J connectivity index is 1.49. The topological polar surface area (TPSA) is 135 Å². The van der Waals surface area contributed by atoms with Crippen LogP contribution in [0.1, 0.15) is 44.7 Å². The molecule has 2 saturated heterocycles. The van der Waals surface area contributed by atoms with Gasteiger partial charge >= 0.3 is 6.03 Å². The van der Waals surface area contributed by atoms with Crippen molar-refractivity contribution in [1.29, 1.82) is 0 Å². The lowest BCUT2D eigenvalue weighted by Gasteiger charge is -2.47. The number of thiazole rings is 1. The van der Waals surface area contributed by atoms with Gasteiger partial charge in [-0.15, -0.1) is 0 Å². The van der Waals surface area contributed by atoms with E-state index in [1.54, 1.807) is 44.1 Å². The zero-order valence-corrected chi connectivity index (χ0v) is 24.4. The molecule has 4 N–H and O–H groups in total.